The molecule has 0 saturated carbocycles. The van der Waals surface area contributed by atoms with Gasteiger partial charge in [-0.2, -0.15) is 5.10 Å². The second-order valence-electron chi connectivity index (χ2n) is 3.43. The van der Waals surface area contributed by atoms with Crippen LogP contribution in [0.2, 0.25) is 0 Å². The van der Waals surface area contributed by atoms with Crippen molar-refractivity contribution in [3.05, 3.63) is 46.2 Å². The maximum atomic E-state index is 10.9. The van der Waals surface area contributed by atoms with Crippen molar-refractivity contribution in [1.82, 2.24) is 9.78 Å². The monoisotopic (exact) mass is 310 g/mol. The van der Waals surface area contributed by atoms with Gasteiger partial charge >= 0.3 is 11.9 Å². The van der Waals surface area contributed by atoms with Crippen LogP contribution in [0.1, 0.15) is 20.8 Å². The van der Waals surface area contributed by atoms with Crippen molar-refractivity contribution in [2.75, 3.05) is 0 Å². The number of hydrogen-bond donors (Lipinski definition) is 2. The van der Waals surface area contributed by atoms with E-state index < -0.39 is 17.6 Å². The van der Waals surface area contributed by atoms with E-state index in [2.05, 4.69) is 21.0 Å². The molecule has 2 rings (SSSR count). The lowest BCUT2D eigenvalue weighted by Crippen LogP contribution is -2.06. The maximum absolute atomic E-state index is 10.9. The van der Waals surface area contributed by atoms with Crippen LogP contribution in [0, 0.1) is 0 Å². The molecular formula is C11H7BrN2O4. The van der Waals surface area contributed by atoms with Crippen molar-refractivity contribution in [1.29, 1.82) is 0 Å². The number of benzene rings is 1. The first-order chi connectivity index (χ1) is 8.49. The molecule has 2 N–H and O–H groups in total. The van der Waals surface area contributed by atoms with Gasteiger partial charge in [-0.15, -0.1) is 0 Å². The molecule has 6 nitrogen and oxygen atoms in total. The van der Waals surface area contributed by atoms with Crippen molar-refractivity contribution in [3.8, 4) is 5.69 Å². The summed E-state index contributed by atoms with van der Waals surface area (Å²) in [5.74, 6) is -2.70. The van der Waals surface area contributed by atoms with Crippen molar-refractivity contribution in [2.24, 2.45) is 0 Å². The van der Waals surface area contributed by atoms with Crippen LogP contribution in [-0.4, -0.2) is 31.9 Å². The van der Waals surface area contributed by atoms with Gasteiger partial charge < -0.3 is 10.2 Å². The zero-order chi connectivity index (χ0) is 13.3. The van der Waals surface area contributed by atoms with Gasteiger partial charge in [0.05, 0.1) is 5.69 Å². The molecule has 18 heavy (non-hydrogen) atoms. The summed E-state index contributed by atoms with van der Waals surface area (Å²) in [6.07, 6.45) is 1.17. The minimum atomic E-state index is -1.37. The maximum Gasteiger partial charge on any atom is 0.357 e. The van der Waals surface area contributed by atoms with Gasteiger partial charge in [-0.05, 0) is 18.2 Å². The predicted octanol–water partition coefficient (Wildman–Crippen LogP) is 2.03. The molecule has 0 amide bonds. The molecule has 1 aromatic heterocycles. The molecule has 0 unspecified atom stereocenters. The predicted molar refractivity (Wildman–Crippen MR) is 65.2 cm³/mol. The van der Waals surface area contributed by atoms with E-state index in [1.54, 1.807) is 24.3 Å². The summed E-state index contributed by atoms with van der Waals surface area (Å²) >= 11 is 3.27. The number of halogens is 1. The van der Waals surface area contributed by atoms with E-state index in [1.807, 2.05) is 0 Å². The quantitative estimate of drug-likeness (QED) is 0.905. The van der Waals surface area contributed by atoms with E-state index >= 15 is 0 Å². The lowest BCUT2D eigenvalue weighted by atomic mass is 10.2. The average Bonchev–Trinajstić information content (AvgIpc) is 2.73. The fourth-order valence-electron chi connectivity index (χ4n) is 1.44. The molecule has 0 saturated heterocycles. The zero-order valence-electron chi connectivity index (χ0n) is 8.87. The summed E-state index contributed by atoms with van der Waals surface area (Å²) in [5, 5.41) is 21.5. The van der Waals surface area contributed by atoms with Crippen molar-refractivity contribution < 1.29 is 19.8 Å². The number of nitrogens with zero attached hydrogens (tertiary/aromatic N) is 2. The lowest BCUT2D eigenvalue weighted by molar-refractivity contribution is 0.0648. The van der Waals surface area contributed by atoms with Gasteiger partial charge in [0.2, 0.25) is 0 Å². The molecule has 0 aliphatic heterocycles. The van der Waals surface area contributed by atoms with E-state index in [1.165, 1.54) is 10.9 Å². The highest BCUT2D eigenvalue weighted by molar-refractivity contribution is 9.10. The van der Waals surface area contributed by atoms with Crippen LogP contribution < -0.4 is 0 Å². The fraction of sp³-hybridized carbons (Fsp3) is 0. The summed E-state index contributed by atoms with van der Waals surface area (Å²) in [5.41, 5.74) is -0.260. The van der Waals surface area contributed by atoms with Gasteiger partial charge in [-0.3, -0.25) is 0 Å². The third-order valence-corrected chi connectivity index (χ3v) is 2.71. The van der Waals surface area contributed by atoms with E-state index in [0.29, 0.717) is 5.69 Å². The standard InChI is InChI=1S/C11H7BrN2O4/c12-6-2-1-3-7(4-6)14-5-8(10(15)16)9(13-14)11(17)18/h1-5H,(H,15,16)(H,17,18). The molecule has 7 heteroatoms. The van der Waals surface area contributed by atoms with Crippen LogP contribution in [0.5, 0.6) is 0 Å². The lowest BCUT2D eigenvalue weighted by Gasteiger charge is -2.00. The second-order valence-corrected chi connectivity index (χ2v) is 4.34. The van der Waals surface area contributed by atoms with E-state index in [9.17, 15) is 9.59 Å². The van der Waals surface area contributed by atoms with Gasteiger partial charge in [0.25, 0.3) is 0 Å². The topological polar surface area (TPSA) is 92.4 Å². The minimum Gasteiger partial charge on any atom is -0.478 e. The van der Waals surface area contributed by atoms with Gasteiger partial charge in [-0.1, -0.05) is 22.0 Å². The Balaban J connectivity index is 2.57. The Hall–Kier alpha value is -2.15. The number of rotatable bonds is 3. The second kappa shape index (κ2) is 4.61. The molecule has 1 aromatic carbocycles. The van der Waals surface area contributed by atoms with Crippen LogP contribution >= 0.6 is 15.9 Å². The van der Waals surface area contributed by atoms with Crippen molar-refractivity contribution in [2.45, 2.75) is 0 Å². The number of aromatic nitrogens is 2. The van der Waals surface area contributed by atoms with Crippen LogP contribution in [-0.2, 0) is 0 Å². The van der Waals surface area contributed by atoms with E-state index in [4.69, 9.17) is 10.2 Å². The third kappa shape index (κ3) is 2.25. The average molecular weight is 311 g/mol. The molecule has 0 atom stereocenters. The molecule has 0 bridgehead atoms. The summed E-state index contributed by atoms with van der Waals surface area (Å²) in [6, 6.07) is 6.92. The van der Waals surface area contributed by atoms with E-state index in [-0.39, 0.29) is 5.56 Å². The Labute approximate surface area is 110 Å². The van der Waals surface area contributed by atoms with Gasteiger partial charge in [-0.25, -0.2) is 14.3 Å². The number of aromatic carboxylic acids is 2. The fourth-order valence-corrected chi connectivity index (χ4v) is 1.83. The largest absolute Gasteiger partial charge is 0.478 e. The summed E-state index contributed by atoms with van der Waals surface area (Å²) in [6.45, 7) is 0. The van der Waals surface area contributed by atoms with Crippen LogP contribution in [0.25, 0.3) is 5.69 Å². The summed E-state index contributed by atoms with van der Waals surface area (Å²) < 4.78 is 2.00. The first-order valence-corrected chi connectivity index (χ1v) is 5.60. The number of hydrogen-bond acceptors (Lipinski definition) is 3. The Morgan fingerprint density at radius 3 is 2.44 bits per heavy atom. The van der Waals surface area contributed by atoms with Crippen molar-refractivity contribution >= 4 is 27.9 Å². The molecule has 0 spiro atoms. The molecule has 0 aliphatic carbocycles. The number of carboxylic acid groups (broad SMARTS) is 2. The highest BCUT2D eigenvalue weighted by atomic mass is 79.9. The van der Waals surface area contributed by atoms with E-state index in [0.717, 1.165) is 4.47 Å². The van der Waals surface area contributed by atoms with Crippen LogP contribution in [0.15, 0.2) is 34.9 Å². The smallest absolute Gasteiger partial charge is 0.357 e. The third-order valence-electron chi connectivity index (χ3n) is 2.22. The number of carboxylic acids is 2. The van der Waals surface area contributed by atoms with Crippen molar-refractivity contribution in [3.63, 3.8) is 0 Å². The Morgan fingerprint density at radius 1 is 1.22 bits per heavy atom. The molecule has 1 heterocycles. The Kier molecular flexibility index (Phi) is 3.15. The first kappa shape index (κ1) is 12.3. The Morgan fingerprint density at radius 2 is 1.94 bits per heavy atom. The van der Waals surface area contributed by atoms with Gasteiger partial charge in [0.1, 0.15) is 5.56 Å². The van der Waals surface area contributed by atoms with Gasteiger partial charge in [0, 0.05) is 10.7 Å². The summed E-state index contributed by atoms with van der Waals surface area (Å²) in [4.78, 5) is 21.8. The Bertz CT molecular complexity index is 604. The molecular weight excluding hydrogens is 304 g/mol. The normalized spacial score (nSPS) is 10.3. The minimum absolute atomic E-state index is 0.345. The van der Waals surface area contributed by atoms with Gasteiger partial charge in [0.15, 0.2) is 5.69 Å². The first-order valence-electron chi connectivity index (χ1n) is 4.81. The zero-order valence-corrected chi connectivity index (χ0v) is 10.5. The number of carbonyl (C=O) groups is 2. The highest BCUT2D eigenvalue weighted by Crippen LogP contribution is 2.17. The van der Waals surface area contributed by atoms with Crippen LogP contribution in [0.4, 0.5) is 0 Å². The molecule has 0 radical (unpaired) electrons. The van der Waals surface area contributed by atoms with Crippen LogP contribution in [0.3, 0.4) is 0 Å². The molecule has 0 fully saturated rings. The molecule has 0 aliphatic rings. The molecule has 92 valence electrons. The SMILES string of the molecule is O=C(O)c1cn(-c2cccc(Br)c2)nc1C(=O)O. The highest BCUT2D eigenvalue weighted by Gasteiger charge is 2.21. The molecule has 2 aromatic rings. The summed E-state index contributed by atoms with van der Waals surface area (Å²) in [7, 11) is 0.